The number of aromatic amines is 1. The summed E-state index contributed by atoms with van der Waals surface area (Å²) >= 11 is 0. The van der Waals surface area contributed by atoms with Gasteiger partial charge in [-0.15, -0.1) is 0 Å². The van der Waals surface area contributed by atoms with Crippen LogP contribution in [-0.4, -0.2) is 58.6 Å². The highest BCUT2D eigenvalue weighted by Gasteiger charge is 2.28. The van der Waals surface area contributed by atoms with Crippen LogP contribution in [0.4, 0.5) is 0 Å². The maximum atomic E-state index is 12.6. The van der Waals surface area contributed by atoms with Crippen molar-refractivity contribution in [2.75, 3.05) is 26.7 Å². The number of hydrogen-bond donors (Lipinski definition) is 2. The summed E-state index contributed by atoms with van der Waals surface area (Å²) < 4.78 is 5.74. The standard InChI is InChI=1S/C16H19N5O3/c1-10-12(8-19-20-10)16(23)21-5-6-24-14(9-21)13-4-3-11(7-18-13)15(22)17-2/h3-4,7-8,14H,5-6,9H2,1-2H3,(H,17,22)(H,19,20). The monoisotopic (exact) mass is 329 g/mol. The van der Waals surface area contributed by atoms with Crippen LogP contribution < -0.4 is 5.32 Å². The Morgan fingerprint density at radius 1 is 1.38 bits per heavy atom. The van der Waals surface area contributed by atoms with Gasteiger partial charge in [-0.1, -0.05) is 0 Å². The zero-order valence-corrected chi connectivity index (χ0v) is 13.6. The van der Waals surface area contributed by atoms with Crippen molar-refractivity contribution in [3.63, 3.8) is 0 Å². The average molecular weight is 329 g/mol. The number of morpholine rings is 1. The molecule has 0 spiro atoms. The van der Waals surface area contributed by atoms with E-state index in [9.17, 15) is 9.59 Å². The average Bonchev–Trinajstić information content (AvgIpc) is 3.06. The SMILES string of the molecule is CNC(=O)c1ccc(C2CN(C(=O)c3cn[nH]c3C)CCO2)nc1. The van der Waals surface area contributed by atoms with Crippen LogP contribution in [-0.2, 0) is 4.74 Å². The van der Waals surface area contributed by atoms with Crippen LogP contribution in [0.15, 0.2) is 24.5 Å². The molecule has 1 atom stereocenters. The van der Waals surface area contributed by atoms with E-state index in [1.807, 2.05) is 6.92 Å². The minimum Gasteiger partial charge on any atom is -0.368 e. The molecule has 1 saturated heterocycles. The summed E-state index contributed by atoms with van der Waals surface area (Å²) in [4.78, 5) is 30.2. The predicted molar refractivity (Wildman–Crippen MR) is 85.5 cm³/mol. The molecule has 0 bridgehead atoms. The summed E-state index contributed by atoms with van der Waals surface area (Å²) in [6, 6.07) is 3.46. The van der Waals surface area contributed by atoms with Gasteiger partial charge in [0.2, 0.25) is 0 Å². The lowest BCUT2D eigenvalue weighted by Gasteiger charge is -2.32. The molecule has 2 amide bonds. The number of nitrogens with zero attached hydrogens (tertiary/aromatic N) is 3. The van der Waals surface area contributed by atoms with Crippen LogP contribution in [0, 0.1) is 6.92 Å². The molecule has 3 heterocycles. The van der Waals surface area contributed by atoms with E-state index in [1.165, 1.54) is 6.20 Å². The number of amides is 2. The lowest BCUT2D eigenvalue weighted by atomic mass is 10.1. The Bertz CT molecular complexity index is 740. The summed E-state index contributed by atoms with van der Waals surface area (Å²) in [6.07, 6.45) is 2.74. The van der Waals surface area contributed by atoms with Crippen molar-refractivity contribution in [2.24, 2.45) is 0 Å². The molecule has 2 aromatic rings. The first kappa shape index (κ1) is 16.1. The Hall–Kier alpha value is -2.74. The molecule has 2 aromatic heterocycles. The van der Waals surface area contributed by atoms with E-state index in [-0.39, 0.29) is 17.9 Å². The van der Waals surface area contributed by atoms with Gasteiger partial charge < -0.3 is 15.0 Å². The number of ether oxygens (including phenoxy) is 1. The molecule has 0 aliphatic carbocycles. The third-order valence-corrected chi connectivity index (χ3v) is 4.02. The maximum absolute atomic E-state index is 12.6. The number of carbonyl (C=O) groups is 2. The fourth-order valence-corrected chi connectivity index (χ4v) is 2.62. The van der Waals surface area contributed by atoms with E-state index in [0.29, 0.717) is 36.5 Å². The molecule has 0 saturated carbocycles. The van der Waals surface area contributed by atoms with Crippen LogP contribution in [0.25, 0.3) is 0 Å². The van der Waals surface area contributed by atoms with Crippen LogP contribution in [0.2, 0.25) is 0 Å². The Morgan fingerprint density at radius 2 is 2.21 bits per heavy atom. The molecule has 3 rings (SSSR count). The topological polar surface area (TPSA) is 100 Å². The Morgan fingerprint density at radius 3 is 2.83 bits per heavy atom. The molecule has 8 heteroatoms. The number of aromatic nitrogens is 3. The van der Waals surface area contributed by atoms with E-state index >= 15 is 0 Å². The van der Waals surface area contributed by atoms with Gasteiger partial charge in [0.05, 0.1) is 36.2 Å². The summed E-state index contributed by atoms with van der Waals surface area (Å²) in [6.45, 7) is 3.19. The first-order valence-corrected chi connectivity index (χ1v) is 7.69. The first-order chi connectivity index (χ1) is 11.6. The van der Waals surface area contributed by atoms with Crippen molar-refractivity contribution in [3.05, 3.63) is 47.0 Å². The molecular formula is C16H19N5O3. The number of nitrogens with one attached hydrogen (secondary N) is 2. The van der Waals surface area contributed by atoms with E-state index in [0.717, 1.165) is 5.69 Å². The van der Waals surface area contributed by atoms with Gasteiger partial charge in [-0.25, -0.2) is 0 Å². The second-order valence-corrected chi connectivity index (χ2v) is 5.57. The molecule has 1 unspecified atom stereocenters. The largest absolute Gasteiger partial charge is 0.368 e. The van der Waals surface area contributed by atoms with Crippen molar-refractivity contribution in [3.8, 4) is 0 Å². The summed E-state index contributed by atoms with van der Waals surface area (Å²) in [7, 11) is 1.57. The van der Waals surface area contributed by atoms with Gasteiger partial charge in [0.25, 0.3) is 11.8 Å². The molecule has 0 aromatic carbocycles. The zero-order valence-electron chi connectivity index (χ0n) is 13.6. The zero-order chi connectivity index (χ0) is 17.1. The van der Waals surface area contributed by atoms with Gasteiger partial charge in [-0.3, -0.25) is 19.7 Å². The third kappa shape index (κ3) is 3.13. The predicted octanol–water partition coefficient (Wildman–Crippen LogP) is 0.686. The Balaban J connectivity index is 1.72. The van der Waals surface area contributed by atoms with Gasteiger partial charge in [0.1, 0.15) is 6.10 Å². The van der Waals surface area contributed by atoms with Crippen molar-refractivity contribution in [2.45, 2.75) is 13.0 Å². The number of hydrogen-bond acceptors (Lipinski definition) is 5. The second kappa shape index (κ2) is 6.79. The Kier molecular flexibility index (Phi) is 4.57. The summed E-state index contributed by atoms with van der Waals surface area (Å²) in [5, 5.41) is 9.22. The highest BCUT2D eigenvalue weighted by atomic mass is 16.5. The first-order valence-electron chi connectivity index (χ1n) is 7.69. The van der Waals surface area contributed by atoms with E-state index in [2.05, 4.69) is 20.5 Å². The van der Waals surface area contributed by atoms with E-state index in [1.54, 1.807) is 30.3 Å². The van der Waals surface area contributed by atoms with E-state index < -0.39 is 0 Å². The Labute approximate surface area is 139 Å². The van der Waals surface area contributed by atoms with Gasteiger partial charge in [0.15, 0.2) is 0 Å². The number of carbonyl (C=O) groups excluding carboxylic acids is 2. The maximum Gasteiger partial charge on any atom is 0.257 e. The molecule has 1 fully saturated rings. The van der Waals surface area contributed by atoms with Crippen LogP contribution in [0.1, 0.15) is 38.2 Å². The minimum absolute atomic E-state index is 0.0727. The van der Waals surface area contributed by atoms with Gasteiger partial charge >= 0.3 is 0 Å². The van der Waals surface area contributed by atoms with Gasteiger partial charge in [-0.05, 0) is 19.1 Å². The lowest BCUT2D eigenvalue weighted by molar-refractivity contribution is -0.0247. The highest BCUT2D eigenvalue weighted by molar-refractivity contribution is 5.95. The molecule has 0 radical (unpaired) electrons. The van der Waals surface area contributed by atoms with Crippen molar-refractivity contribution in [1.82, 2.24) is 25.4 Å². The number of rotatable bonds is 3. The normalized spacial score (nSPS) is 17.6. The molecular weight excluding hydrogens is 310 g/mol. The summed E-state index contributed by atoms with van der Waals surface area (Å²) in [5.74, 6) is -0.262. The highest BCUT2D eigenvalue weighted by Crippen LogP contribution is 2.22. The van der Waals surface area contributed by atoms with Crippen molar-refractivity contribution < 1.29 is 14.3 Å². The van der Waals surface area contributed by atoms with Crippen LogP contribution >= 0.6 is 0 Å². The molecule has 8 nitrogen and oxygen atoms in total. The van der Waals surface area contributed by atoms with Crippen molar-refractivity contribution in [1.29, 1.82) is 0 Å². The fourth-order valence-electron chi connectivity index (χ4n) is 2.62. The molecule has 1 aliphatic rings. The van der Waals surface area contributed by atoms with Crippen molar-refractivity contribution >= 4 is 11.8 Å². The smallest absolute Gasteiger partial charge is 0.257 e. The summed E-state index contributed by atoms with van der Waals surface area (Å²) in [5.41, 5.74) is 2.50. The number of aryl methyl sites for hydroxylation is 1. The number of pyridine rings is 1. The molecule has 2 N–H and O–H groups in total. The lowest BCUT2D eigenvalue weighted by Crippen LogP contribution is -2.42. The molecule has 126 valence electrons. The van der Waals surface area contributed by atoms with Crippen LogP contribution in [0.3, 0.4) is 0 Å². The number of H-pyrrole nitrogens is 1. The second-order valence-electron chi connectivity index (χ2n) is 5.57. The molecule has 1 aliphatic heterocycles. The third-order valence-electron chi connectivity index (χ3n) is 4.02. The minimum atomic E-state index is -0.311. The fraction of sp³-hybridized carbons (Fsp3) is 0.375. The van der Waals surface area contributed by atoms with E-state index in [4.69, 9.17) is 4.74 Å². The quantitative estimate of drug-likeness (QED) is 0.863. The van der Waals surface area contributed by atoms with Gasteiger partial charge in [0, 0.05) is 25.5 Å². The van der Waals surface area contributed by atoms with Crippen LogP contribution in [0.5, 0.6) is 0 Å². The van der Waals surface area contributed by atoms with Gasteiger partial charge in [-0.2, -0.15) is 5.10 Å². The molecule has 24 heavy (non-hydrogen) atoms.